The minimum Gasteiger partial charge on any atom is -0.308 e. The average Bonchev–Trinajstić information content (AvgIpc) is 2.70. The number of hydrogen-bond donors (Lipinski definition) is 3. The summed E-state index contributed by atoms with van der Waals surface area (Å²) in [6, 6.07) is 1.55. The minimum atomic E-state index is -0.714. The molecule has 5 nitrogen and oxygen atoms in total. The molecule has 112 valence electrons. The van der Waals surface area contributed by atoms with Gasteiger partial charge in [-0.2, -0.15) is 5.10 Å². The van der Waals surface area contributed by atoms with Crippen LogP contribution in [0.4, 0.5) is 25.0 Å². The largest absolute Gasteiger partial charge is 0.323 e. The van der Waals surface area contributed by atoms with Crippen molar-refractivity contribution in [1.29, 1.82) is 0 Å². The zero-order chi connectivity index (χ0) is 15.6. The summed E-state index contributed by atoms with van der Waals surface area (Å²) in [4.78, 5) is 11.8. The van der Waals surface area contributed by atoms with E-state index in [4.69, 9.17) is 0 Å². The number of H-pyrrole nitrogens is 1. The van der Waals surface area contributed by atoms with E-state index < -0.39 is 17.7 Å². The van der Waals surface area contributed by atoms with Gasteiger partial charge in [-0.05, 0) is 32.2 Å². The van der Waals surface area contributed by atoms with Gasteiger partial charge in [-0.3, -0.25) is 5.10 Å². The smallest absolute Gasteiger partial charge is 0.308 e. The number of thioether (sulfide) groups is 1. The number of nitrogens with one attached hydrogen (secondary N) is 3. The van der Waals surface area contributed by atoms with Crippen LogP contribution in [0.25, 0.3) is 0 Å². The van der Waals surface area contributed by atoms with Crippen molar-refractivity contribution in [3.05, 3.63) is 35.2 Å². The third-order valence-electron chi connectivity index (χ3n) is 2.83. The summed E-state index contributed by atoms with van der Waals surface area (Å²) in [6.07, 6.45) is 1.58. The van der Waals surface area contributed by atoms with Crippen molar-refractivity contribution in [1.82, 2.24) is 10.2 Å². The number of amides is 2. The zero-order valence-corrected chi connectivity index (χ0v) is 12.5. The number of aromatic nitrogens is 2. The number of aryl methyl sites for hydroxylation is 2. The van der Waals surface area contributed by atoms with E-state index in [2.05, 4.69) is 20.8 Å². The van der Waals surface area contributed by atoms with Gasteiger partial charge in [0.1, 0.15) is 11.6 Å². The maximum atomic E-state index is 13.6. The third-order valence-corrected chi connectivity index (χ3v) is 3.63. The van der Waals surface area contributed by atoms with Crippen molar-refractivity contribution in [2.75, 3.05) is 16.9 Å². The van der Waals surface area contributed by atoms with E-state index in [0.29, 0.717) is 17.1 Å². The first-order valence-corrected chi connectivity index (χ1v) is 7.27. The summed E-state index contributed by atoms with van der Waals surface area (Å²) in [5, 5.41) is 11.6. The Balaban J connectivity index is 2.13. The number of carbonyl (C=O) groups is 1. The summed E-state index contributed by atoms with van der Waals surface area (Å²) in [5.74, 6) is -1.43. The maximum Gasteiger partial charge on any atom is 0.323 e. The topological polar surface area (TPSA) is 69.8 Å². The van der Waals surface area contributed by atoms with Gasteiger partial charge in [0.2, 0.25) is 0 Å². The molecule has 21 heavy (non-hydrogen) atoms. The van der Waals surface area contributed by atoms with Crippen molar-refractivity contribution in [3.63, 3.8) is 0 Å². The monoisotopic (exact) mass is 312 g/mol. The second-order valence-corrected chi connectivity index (χ2v) is 5.18. The summed E-state index contributed by atoms with van der Waals surface area (Å²) < 4.78 is 27.2. The Morgan fingerprint density at radius 3 is 2.33 bits per heavy atom. The van der Waals surface area contributed by atoms with Crippen LogP contribution in [0.3, 0.4) is 0 Å². The molecule has 0 fully saturated rings. The van der Waals surface area contributed by atoms with E-state index in [1.165, 1.54) is 0 Å². The number of carbonyl (C=O) groups excluding carboxylic acids is 1. The number of urea groups is 1. The van der Waals surface area contributed by atoms with Crippen molar-refractivity contribution in [3.8, 4) is 0 Å². The first-order chi connectivity index (χ1) is 9.92. The molecule has 0 atom stereocenters. The molecule has 1 heterocycles. The predicted octanol–water partition coefficient (Wildman–Crippen LogP) is 3.67. The van der Waals surface area contributed by atoms with Crippen molar-refractivity contribution < 1.29 is 13.6 Å². The van der Waals surface area contributed by atoms with Gasteiger partial charge in [-0.15, -0.1) is 11.8 Å². The Morgan fingerprint density at radius 2 is 1.86 bits per heavy atom. The summed E-state index contributed by atoms with van der Waals surface area (Å²) >= 11 is 0.967. The second-order valence-electron chi connectivity index (χ2n) is 4.36. The minimum absolute atomic E-state index is 0.0408. The number of aromatic amines is 1. The lowest BCUT2D eigenvalue weighted by atomic mass is 10.3. The van der Waals surface area contributed by atoms with Gasteiger partial charge < -0.3 is 10.6 Å². The molecule has 0 unspecified atom stereocenters. The Labute approximate surface area is 124 Å². The van der Waals surface area contributed by atoms with Gasteiger partial charge in [0.25, 0.3) is 0 Å². The van der Waals surface area contributed by atoms with Crippen LogP contribution >= 0.6 is 11.8 Å². The van der Waals surface area contributed by atoms with Gasteiger partial charge in [-0.25, -0.2) is 13.6 Å². The van der Waals surface area contributed by atoms with Crippen LogP contribution in [0.15, 0.2) is 17.0 Å². The highest BCUT2D eigenvalue weighted by Gasteiger charge is 2.13. The molecule has 8 heteroatoms. The van der Waals surface area contributed by atoms with Crippen LogP contribution in [0.2, 0.25) is 0 Å². The molecular weight excluding hydrogens is 298 g/mol. The zero-order valence-electron chi connectivity index (χ0n) is 11.7. The van der Waals surface area contributed by atoms with Crippen LogP contribution in [0.5, 0.6) is 0 Å². The number of halogens is 2. The molecule has 0 aliphatic rings. The lowest BCUT2D eigenvalue weighted by Gasteiger charge is -2.09. The number of benzene rings is 1. The molecule has 2 rings (SSSR count). The van der Waals surface area contributed by atoms with E-state index in [-0.39, 0.29) is 10.6 Å². The van der Waals surface area contributed by atoms with Crippen LogP contribution < -0.4 is 10.6 Å². The molecule has 1 aromatic carbocycles. The first kappa shape index (κ1) is 15.3. The van der Waals surface area contributed by atoms with E-state index in [1.54, 1.807) is 20.1 Å². The van der Waals surface area contributed by atoms with Gasteiger partial charge in [-0.1, -0.05) is 0 Å². The Kier molecular flexibility index (Phi) is 4.46. The molecule has 0 aliphatic heterocycles. The SMILES string of the molecule is CSc1c(F)cc(NC(=O)Nc2c(C)n[nH]c2C)cc1F. The Bertz CT molecular complexity index is 644. The first-order valence-electron chi connectivity index (χ1n) is 6.05. The average molecular weight is 312 g/mol. The van der Waals surface area contributed by atoms with Gasteiger partial charge in [0.05, 0.1) is 22.0 Å². The molecular formula is C13H14F2N4OS. The van der Waals surface area contributed by atoms with Crippen molar-refractivity contribution in [2.45, 2.75) is 18.7 Å². The summed E-state index contributed by atoms with van der Waals surface area (Å²) in [5.41, 5.74) is 1.89. The van der Waals surface area contributed by atoms with Gasteiger partial charge in [0, 0.05) is 5.69 Å². The molecule has 2 amide bonds. The fourth-order valence-corrected chi connectivity index (χ4v) is 2.35. The van der Waals surface area contributed by atoms with Gasteiger partial charge >= 0.3 is 6.03 Å². The summed E-state index contributed by atoms with van der Waals surface area (Å²) in [6.45, 7) is 3.48. The molecule has 0 bridgehead atoms. The third kappa shape index (κ3) is 3.33. The fraction of sp³-hybridized carbons (Fsp3) is 0.231. The highest BCUT2D eigenvalue weighted by atomic mass is 32.2. The highest BCUT2D eigenvalue weighted by Crippen LogP contribution is 2.26. The van der Waals surface area contributed by atoms with Crippen LogP contribution in [0.1, 0.15) is 11.4 Å². The quantitative estimate of drug-likeness (QED) is 0.757. The number of nitrogens with zero attached hydrogens (tertiary/aromatic N) is 1. The fourth-order valence-electron chi connectivity index (χ4n) is 1.84. The Hall–Kier alpha value is -2.09. The van der Waals surface area contributed by atoms with Gasteiger partial charge in [0.15, 0.2) is 0 Å². The van der Waals surface area contributed by atoms with Crippen molar-refractivity contribution in [2.24, 2.45) is 0 Å². The number of hydrogen-bond acceptors (Lipinski definition) is 3. The molecule has 0 radical (unpaired) electrons. The van der Waals surface area contributed by atoms with Crippen molar-refractivity contribution >= 4 is 29.2 Å². The van der Waals surface area contributed by atoms with E-state index >= 15 is 0 Å². The summed E-state index contributed by atoms with van der Waals surface area (Å²) in [7, 11) is 0. The van der Waals surface area contributed by atoms with Crippen LogP contribution in [0, 0.1) is 25.5 Å². The molecule has 2 aromatic rings. The highest BCUT2D eigenvalue weighted by molar-refractivity contribution is 7.98. The Morgan fingerprint density at radius 1 is 1.24 bits per heavy atom. The van der Waals surface area contributed by atoms with Crippen LogP contribution in [-0.4, -0.2) is 22.5 Å². The van der Waals surface area contributed by atoms with E-state index in [1.807, 2.05) is 0 Å². The molecule has 0 saturated carbocycles. The maximum absolute atomic E-state index is 13.6. The standard InChI is InChI=1S/C13H14F2N4OS/c1-6-11(7(2)19-18-6)17-13(20)16-8-4-9(14)12(21-3)10(15)5-8/h4-5H,1-3H3,(H,18,19)(H2,16,17,20). The van der Waals surface area contributed by atoms with E-state index in [0.717, 1.165) is 23.9 Å². The number of rotatable bonds is 3. The normalized spacial score (nSPS) is 10.5. The molecule has 0 saturated heterocycles. The van der Waals surface area contributed by atoms with Crippen LogP contribution in [-0.2, 0) is 0 Å². The lowest BCUT2D eigenvalue weighted by Crippen LogP contribution is -2.20. The molecule has 0 spiro atoms. The predicted molar refractivity (Wildman–Crippen MR) is 78.8 cm³/mol. The lowest BCUT2D eigenvalue weighted by molar-refractivity contribution is 0.262. The number of anilines is 2. The van der Waals surface area contributed by atoms with E-state index in [9.17, 15) is 13.6 Å². The molecule has 0 aliphatic carbocycles. The second kappa shape index (κ2) is 6.13. The molecule has 1 aromatic heterocycles. The molecule has 3 N–H and O–H groups in total.